The van der Waals surface area contributed by atoms with Gasteiger partial charge in [-0.25, -0.2) is 9.97 Å². The number of aryl methyl sites for hydroxylation is 1. The van der Waals surface area contributed by atoms with Crippen LogP contribution < -0.4 is 20.4 Å². The highest BCUT2D eigenvalue weighted by molar-refractivity contribution is 6.05. The summed E-state index contributed by atoms with van der Waals surface area (Å²) in [6, 6.07) is 2.39. The Kier molecular flexibility index (Phi) is 5.29. The number of likely N-dealkylation sites (N-methyl/N-ethyl adjacent to an activating group) is 1. The van der Waals surface area contributed by atoms with Gasteiger partial charge in [0, 0.05) is 25.7 Å². The number of anilines is 4. The van der Waals surface area contributed by atoms with Crippen molar-refractivity contribution in [3.63, 3.8) is 0 Å². The molecule has 33 heavy (non-hydrogen) atoms. The van der Waals surface area contributed by atoms with Gasteiger partial charge in [0.25, 0.3) is 0 Å². The van der Waals surface area contributed by atoms with Gasteiger partial charge in [-0.15, -0.1) is 0 Å². The summed E-state index contributed by atoms with van der Waals surface area (Å²) in [7, 11) is 1.88. The zero-order valence-corrected chi connectivity index (χ0v) is 18.5. The van der Waals surface area contributed by atoms with E-state index >= 15 is 0 Å². The number of halogens is 3. The first kappa shape index (κ1) is 21.7. The maximum absolute atomic E-state index is 12.7. The molecule has 176 valence electrons. The molecule has 1 saturated carbocycles. The third kappa shape index (κ3) is 4.04. The molecule has 0 saturated heterocycles. The molecule has 4 heterocycles. The molecule has 0 spiro atoms. The smallest absolute Gasteiger partial charge is 0.381 e. The van der Waals surface area contributed by atoms with E-state index < -0.39 is 11.9 Å². The molecule has 2 aliphatic heterocycles. The van der Waals surface area contributed by atoms with Crippen LogP contribution in [0.25, 0.3) is 0 Å². The number of hydrogen-bond acceptors (Lipinski definition) is 7. The van der Waals surface area contributed by atoms with Crippen molar-refractivity contribution >= 4 is 29.0 Å². The van der Waals surface area contributed by atoms with E-state index in [1.165, 1.54) is 12.3 Å². The molecule has 0 bridgehead atoms. The summed E-state index contributed by atoms with van der Waals surface area (Å²) in [6.45, 7) is 2.58. The van der Waals surface area contributed by atoms with E-state index in [0.717, 1.165) is 55.4 Å². The number of amides is 1. The maximum Gasteiger partial charge on any atom is 0.433 e. The summed E-state index contributed by atoms with van der Waals surface area (Å²) in [4.78, 5) is 29.4. The standard InChI is InChI=1S/C22H26F3N7O/c1-12-20(33)32-9-3-4-16-18(32)19(31(12)2)30-21(29-16)28-14-6-5-13(10-14)27-15-7-8-17(26-11-15)22(23,24)25/h7-8,11-14,27H,3-6,9-10H2,1-2H3,(H,28,29,30)/t12-,13+,14+/m0/s1. The summed E-state index contributed by atoms with van der Waals surface area (Å²) >= 11 is 0. The number of alkyl halides is 3. The van der Waals surface area contributed by atoms with E-state index in [4.69, 9.17) is 9.97 Å². The molecule has 2 aromatic rings. The van der Waals surface area contributed by atoms with Crippen LogP contribution in [0.4, 0.5) is 36.3 Å². The lowest BCUT2D eigenvalue weighted by molar-refractivity contribution is -0.141. The molecular weight excluding hydrogens is 435 g/mol. The molecule has 8 nitrogen and oxygen atoms in total. The Hall–Kier alpha value is -3.11. The molecule has 2 N–H and O–H groups in total. The van der Waals surface area contributed by atoms with Crippen molar-refractivity contribution < 1.29 is 18.0 Å². The van der Waals surface area contributed by atoms with Crippen LogP contribution in [0, 0.1) is 0 Å². The van der Waals surface area contributed by atoms with Crippen LogP contribution >= 0.6 is 0 Å². The number of nitrogens with zero attached hydrogens (tertiary/aromatic N) is 5. The van der Waals surface area contributed by atoms with E-state index in [-0.39, 0.29) is 24.0 Å². The van der Waals surface area contributed by atoms with Crippen LogP contribution in [0.15, 0.2) is 18.3 Å². The van der Waals surface area contributed by atoms with Crippen molar-refractivity contribution in [2.24, 2.45) is 0 Å². The lowest BCUT2D eigenvalue weighted by Crippen LogP contribution is -2.53. The van der Waals surface area contributed by atoms with Gasteiger partial charge < -0.3 is 20.4 Å². The largest absolute Gasteiger partial charge is 0.433 e. The van der Waals surface area contributed by atoms with Gasteiger partial charge in [0.05, 0.1) is 17.6 Å². The second-order valence-electron chi connectivity index (χ2n) is 8.97. The second-order valence-corrected chi connectivity index (χ2v) is 8.97. The molecule has 0 unspecified atom stereocenters. The molecule has 0 aromatic carbocycles. The van der Waals surface area contributed by atoms with Gasteiger partial charge in [0.15, 0.2) is 5.82 Å². The summed E-state index contributed by atoms with van der Waals surface area (Å²) in [6.07, 6.45) is 1.01. The Morgan fingerprint density at radius 2 is 1.88 bits per heavy atom. The molecule has 5 rings (SSSR count). The fourth-order valence-electron chi connectivity index (χ4n) is 4.87. The molecule has 3 atom stereocenters. The van der Waals surface area contributed by atoms with Gasteiger partial charge in [-0.3, -0.25) is 4.79 Å². The molecule has 11 heteroatoms. The average Bonchev–Trinajstić information content (AvgIpc) is 3.22. The minimum atomic E-state index is -4.44. The van der Waals surface area contributed by atoms with Crippen molar-refractivity contribution in [1.82, 2.24) is 15.0 Å². The van der Waals surface area contributed by atoms with E-state index in [9.17, 15) is 18.0 Å². The number of rotatable bonds is 4. The number of hydrogen-bond donors (Lipinski definition) is 2. The third-order valence-corrected chi connectivity index (χ3v) is 6.73. The fourth-order valence-corrected chi connectivity index (χ4v) is 4.87. The second kappa shape index (κ2) is 8.03. The van der Waals surface area contributed by atoms with Crippen LogP contribution in [0.5, 0.6) is 0 Å². The van der Waals surface area contributed by atoms with Crippen LogP contribution in [-0.2, 0) is 17.4 Å². The first-order valence-electron chi connectivity index (χ1n) is 11.2. The van der Waals surface area contributed by atoms with Gasteiger partial charge in [0.2, 0.25) is 11.9 Å². The van der Waals surface area contributed by atoms with Crippen molar-refractivity contribution in [3.05, 3.63) is 29.7 Å². The van der Waals surface area contributed by atoms with Gasteiger partial charge in [-0.05, 0) is 51.2 Å². The molecular formula is C22H26F3N7O. The summed E-state index contributed by atoms with van der Waals surface area (Å²) in [5.41, 5.74) is 1.40. The highest BCUT2D eigenvalue weighted by atomic mass is 19.4. The summed E-state index contributed by atoms with van der Waals surface area (Å²) in [5.74, 6) is 1.41. The number of carbonyl (C=O) groups is 1. The van der Waals surface area contributed by atoms with Crippen molar-refractivity contribution in [1.29, 1.82) is 0 Å². The lowest BCUT2D eigenvalue weighted by atomic mass is 10.0. The highest BCUT2D eigenvalue weighted by Gasteiger charge is 2.39. The Labute approximate surface area is 189 Å². The molecule has 1 fully saturated rings. The zero-order chi connectivity index (χ0) is 23.3. The predicted molar refractivity (Wildman–Crippen MR) is 118 cm³/mol. The van der Waals surface area contributed by atoms with E-state index in [0.29, 0.717) is 18.2 Å². The third-order valence-electron chi connectivity index (χ3n) is 6.73. The molecule has 3 aliphatic rings. The molecule has 2 aromatic heterocycles. The van der Waals surface area contributed by atoms with Crippen LogP contribution in [-0.4, -0.2) is 52.6 Å². The lowest BCUT2D eigenvalue weighted by Gasteiger charge is -2.41. The van der Waals surface area contributed by atoms with Gasteiger partial charge in [0.1, 0.15) is 17.4 Å². The van der Waals surface area contributed by atoms with Crippen molar-refractivity contribution in [2.45, 2.75) is 63.3 Å². The molecule has 1 aliphatic carbocycles. The SMILES string of the molecule is C[C@H]1C(=O)N2CCCc3nc(N[C@@H]4CC[C@@H](Nc5ccc(C(F)(F)F)nc5)C4)nc(c32)N1C. The van der Waals surface area contributed by atoms with Crippen LogP contribution in [0.2, 0.25) is 0 Å². The van der Waals surface area contributed by atoms with Gasteiger partial charge in [-0.1, -0.05) is 0 Å². The number of pyridine rings is 1. The normalized spacial score (nSPS) is 24.6. The summed E-state index contributed by atoms with van der Waals surface area (Å²) in [5, 5.41) is 6.72. The fraction of sp³-hybridized carbons (Fsp3) is 0.545. The van der Waals surface area contributed by atoms with Crippen molar-refractivity contribution in [3.8, 4) is 0 Å². The first-order valence-corrected chi connectivity index (χ1v) is 11.2. The topological polar surface area (TPSA) is 86.3 Å². The Balaban J connectivity index is 1.27. The quantitative estimate of drug-likeness (QED) is 0.721. The Bertz CT molecular complexity index is 1060. The van der Waals surface area contributed by atoms with E-state index in [2.05, 4.69) is 15.6 Å². The average molecular weight is 461 g/mol. The summed E-state index contributed by atoms with van der Waals surface area (Å²) < 4.78 is 38.1. The minimum absolute atomic E-state index is 0.0812. The predicted octanol–water partition coefficient (Wildman–Crippen LogP) is 3.45. The van der Waals surface area contributed by atoms with E-state index in [1.54, 1.807) is 0 Å². The monoisotopic (exact) mass is 461 g/mol. The Morgan fingerprint density at radius 1 is 1.12 bits per heavy atom. The number of aromatic nitrogens is 3. The van der Waals surface area contributed by atoms with E-state index in [1.807, 2.05) is 23.8 Å². The zero-order valence-electron chi connectivity index (χ0n) is 18.5. The molecule has 1 amide bonds. The maximum atomic E-state index is 12.7. The van der Waals surface area contributed by atoms with Crippen LogP contribution in [0.1, 0.15) is 44.0 Å². The number of carbonyl (C=O) groups excluding carboxylic acids is 1. The number of nitrogens with one attached hydrogen (secondary N) is 2. The van der Waals surface area contributed by atoms with Crippen molar-refractivity contribution in [2.75, 3.05) is 34.0 Å². The minimum Gasteiger partial charge on any atom is -0.381 e. The first-order chi connectivity index (χ1) is 15.7. The Morgan fingerprint density at radius 3 is 2.58 bits per heavy atom. The van der Waals surface area contributed by atoms with Gasteiger partial charge in [-0.2, -0.15) is 18.2 Å². The highest BCUT2D eigenvalue weighted by Crippen LogP contribution is 2.40. The van der Waals surface area contributed by atoms with Gasteiger partial charge >= 0.3 is 6.18 Å². The van der Waals surface area contributed by atoms with Crippen LogP contribution in [0.3, 0.4) is 0 Å². The molecule has 0 radical (unpaired) electrons.